The highest BCUT2D eigenvalue weighted by Gasteiger charge is 2.30. The summed E-state index contributed by atoms with van der Waals surface area (Å²) in [6.07, 6.45) is -3.44. The van der Waals surface area contributed by atoms with E-state index in [2.05, 4.69) is 10.2 Å². The maximum Gasteiger partial charge on any atom is 0.485 e. The lowest BCUT2D eigenvalue weighted by Gasteiger charge is -2.07. The van der Waals surface area contributed by atoms with E-state index >= 15 is 0 Å². The van der Waals surface area contributed by atoms with Gasteiger partial charge in [-0.2, -0.15) is 18.3 Å². The fraction of sp³-hybridized carbons (Fsp3) is 0.200. The number of nitrogens with zero attached hydrogens (tertiary/aromatic N) is 1. The summed E-state index contributed by atoms with van der Waals surface area (Å²) in [6, 6.07) is -0.0487. The van der Waals surface area contributed by atoms with Crippen molar-refractivity contribution in [2.45, 2.75) is 6.30 Å². The van der Waals surface area contributed by atoms with Crippen molar-refractivity contribution in [3.63, 3.8) is 0 Å². The van der Waals surface area contributed by atoms with Gasteiger partial charge in [0.25, 0.3) is 0 Å². The first-order valence-corrected chi connectivity index (χ1v) is 3.12. The zero-order chi connectivity index (χ0) is 9.90. The maximum atomic E-state index is 11.5. The van der Waals surface area contributed by atoms with Crippen LogP contribution >= 0.6 is 0 Å². The van der Waals surface area contributed by atoms with E-state index in [1.165, 1.54) is 12.3 Å². The highest BCUT2D eigenvalue weighted by Crippen LogP contribution is 2.09. The van der Waals surface area contributed by atoms with Crippen LogP contribution in [0.3, 0.4) is 0 Å². The Hall–Kier alpha value is -1.73. The van der Waals surface area contributed by atoms with Crippen molar-refractivity contribution >= 4 is 11.8 Å². The normalized spacial score (nSPS) is 11.0. The van der Waals surface area contributed by atoms with Gasteiger partial charge < -0.3 is 0 Å². The van der Waals surface area contributed by atoms with Crippen molar-refractivity contribution < 1.29 is 18.0 Å². The molecule has 0 saturated carbocycles. The molecule has 1 aromatic heterocycles. The fourth-order valence-corrected chi connectivity index (χ4v) is 0.608. The summed E-state index contributed by atoms with van der Waals surface area (Å²) in [5.41, 5.74) is 0. The van der Waals surface area contributed by atoms with Gasteiger partial charge in [0.15, 0.2) is 0 Å². The molecule has 13 heavy (non-hydrogen) atoms. The molecule has 0 spiro atoms. The van der Waals surface area contributed by atoms with Gasteiger partial charge in [0.05, 0.1) is 6.20 Å². The molecular weight excluding hydrogens is 189 g/mol. The monoisotopic (exact) mass is 194 g/mol. The summed E-state index contributed by atoms with van der Waals surface area (Å²) in [4.78, 5) is 10.5. The SMILES string of the molecule is O=C(Nc1ccn[nH]1)NC(F)(F)F. The number of carbonyl (C=O) groups is 1. The number of urea groups is 1. The molecule has 0 radical (unpaired) electrons. The van der Waals surface area contributed by atoms with Gasteiger partial charge in [-0.1, -0.05) is 0 Å². The van der Waals surface area contributed by atoms with E-state index in [9.17, 15) is 18.0 Å². The molecule has 8 heteroatoms. The van der Waals surface area contributed by atoms with Gasteiger partial charge in [-0.3, -0.25) is 10.4 Å². The largest absolute Gasteiger partial charge is 0.485 e. The summed E-state index contributed by atoms with van der Waals surface area (Å²) < 4.78 is 34.6. The highest BCUT2D eigenvalue weighted by molar-refractivity contribution is 5.88. The quantitative estimate of drug-likeness (QED) is 0.585. The lowest BCUT2D eigenvalue weighted by molar-refractivity contribution is -0.144. The molecule has 1 rings (SSSR count). The van der Waals surface area contributed by atoms with Gasteiger partial charge in [0.1, 0.15) is 5.82 Å². The predicted octanol–water partition coefficient (Wildman–Crippen LogP) is 1.05. The van der Waals surface area contributed by atoms with Crippen LogP contribution in [-0.4, -0.2) is 22.5 Å². The average molecular weight is 194 g/mol. The van der Waals surface area contributed by atoms with Gasteiger partial charge in [-0.05, 0) is 0 Å². The summed E-state index contributed by atoms with van der Waals surface area (Å²) in [7, 11) is 0. The molecule has 5 nitrogen and oxygen atoms in total. The molecule has 3 N–H and O–H groups in total. The Bertz CT molecular complexity index is 280. The number of H-pyrrole nitrogens is 1. The van der Waals surface area contributed by atoms with E-state index in [1.807, 2.05) is 5.32 Å². The standard InChI is InChI=1S/C5H5F3N4O/c6-5(7,8)11-4(13)10-3-1-2-9-12-3/h1-2H,(H3,9,10,11,12,13). The van der Waals surface area contributed by atoms with Crippen molar-refractivity contribution in [3.8, 4) is 0 Å². The summed E-state index contributed by atoms with van der Waals surface area (Å²) >= 11 is 0. The first kappa shape index (κ1) is 9.36. The van der Waals surface area contributed by atoms with Crippen molar-refractivity contribution in [2.24, 2.45) is 0 Å². The second-order valence-corrected chi connectivity index (χ2v) is 2.05. The van der Waals surface area contributed by atoms with Crippen LogP contribution in [0.25, 0.3) is 0 Å². The summed E-state index contributed by atoms with van der Waals surface area (Å²) in [5, 5.41) is 8.34. The van der Waals surface area contributed by atoms with Gasteiger partial charge in [0.2, 0.25) is 0 Å². The fourth-order valence-electron chi connectivity index (χ4n) is 0.608. The molecule has 0 aliphatic heterocycles. The van der Waals surface area contributed by atoms with Crippen LogP contribution in [-0.2, 0) is 0 Å². The number of rotatable bonds is 1. The lowest BCUT2D eigenvalue weighted by Crippen LogP contribution is -2.40. The van der Waals surface area contributed by atoms with Crippen LogP contribution in [0.5, 0.6) is 0 Å². The van der Waals surface area contributed by atoms with E-state index in [0.29, 0.717) is 0 Å². The third-order valence-electron chi connectivity index (χ3n) is 1.00. The first-order valence-electron chi connectivity index (χ1n) is 3.12. The van der Waals surface area contributed by atoms with E-state index in [1.54, 1.807) is 0 Å². The minimum absolute atomic E-state index is 0.0850. The average Bonchev–Trinajstić information content (AvgIpc) is 2.34. The zero-order valence-electron chi connectivity index (χ0n) is 6.14. The van der Waals surface area contributed by atoms with Crippen molar-refractivity contribution in [3.05, 3.63) is 12.3 Å². The smallest absolute Gasteiger partial charge is 0.293 e. The molecule has 0 aliphatic carbocycles. The molecule has 72 valence electrons. The molecule has 0 aliphatic rings. The summed E-state index contributed by atoms with van der Waals surface area (Å²) in [6.45, 7) is 0. The van der Waals surface area contributed by atoms with E-state index in [0.717, 1.165) is 5.32 Å². The van der Waals surface area contributed by atoms with E-state index in [4.69, 9.17) is 0 Å². The molecule has 0 unspecified atom stereocenters. The van der Waals surface area contributed by atoms with Crippen molar-refractivity contribution in [1.82, 2.24) is 15.5 Å². The third kappa shape index (κ3) is 3.45. The van der Waals surface area contributed by atoms with Gasteiger partial charge in [-0.25, -0.2) is 10.1 Å². The number of anilines is 1. The van der Waals surface area contributed by atoms with Crippen LogP contribution in [0.4, 0.5) is 23.8 Å². The first-order chi connectivity index (χ1) is 5.97. The number of aromatic nitrogens is 2. The second kappa shape index (κ2) is 3.33. The Balaban J connectivity index is 2.43. The molecule has 2 amide bonds. The van der Waals surface area contributed by atoms with Crippen LogP contribution in [0.2, 0.25) is 0 Å². The Morgan fingerprint density at radius 2 is 2.23 bits per heavy atom. The number of hydrogen-bond acceptors (Lipinski definition) is 2. The number of nitrogens with one attached hydrogen (secondary N) is 3. The number of halogens is 3. The van der Waals surface area contributed by atoms with Crippen LogP contribution in [0, 0.1) is 0 Å². The van der Waals surface area contributed by atoms with Gasteiger partial charge in [-0.15, -0.1) is 0 Å². The number of aromatic amines is 1. The van der Waals surface area contributed by atoms with Crippen LogP contribution in [0.1, 0.15) is 0 Å². The number of carbonyl (C=O) groups excluding carboxylic acids is 1. The number of hydrogen-bond donors (Lipinski definition) is 3. The Kier molecular flexibility index (Phi) is 2.40. The molecule has 0 bridgehead atoms. The molecule has 0 fully saturated rings. The molecular formula is C5H5F3N4O. The predicted molar refractivity (Wildman–Crippen MR) is 36.8 cm³/mol. The second-order valence-electron chi connectivity index (χ2n) is 2.05. The molecule has 1 heterocycles. The molecule has 1 aromatic rings. The Labute approximate surface area is 70.3 Å². The van der Waals surface area contributed by atoms with Crippen molar-refractivity contribution in [1.29, 1.82) is 0 Å². The minimum Gasteiger partial charge on any atom is -0.293 e. The lowest BCUT2D eigenvalue weighted by atomic mass is 10.6. The number of alkyl halides is 3. The van der Waals surface area contributed by atoms with E-state index < -0.39 is 12.3 Å². The Morgan fingerprint density at radius 1 is 1.54 bits per heavy atom. The molecule has 0 saturated heterocycles. The van der Waals surface area contributed by atoms with Crippen LogP contribution < -0.4 is 10.6 Å². The third-order valence-corrected chi connectivity index (χ3v) is 1.00. The topological polar surface area (TPSA) is 69.8 Å². The van der Waals surface area contributed by atoms with Gasteiger partial charge >= 0.3 is 12.3 Å². The number of amides is 2. The Morgan fingerprint density at radius 3 is 2.69 bits per heavy atom. The van der Waals surface area contributed by atoms with Crippen LogP contribution in [0.15, 0.2) is 12.3 Å². The highest BCUT2D eigenvalue weighted by atomic mass is 19.4. The van der Waals surface area contributed by atoms with E-state index in [-0.39, 0.29) is 5.82 Å². The molecule has 0 atom stereocenters. The molecule has 0 aromatic carbocycles. The zero-order valence-corrected chi connectivity index (χ0v) is 6.14. The van der Waals surface area contributed by atoms with Crippen molar-refractivity contribution in [2.75, 3.05) is 5.32 Å². The maximum absolute atomic E-state index is 11.5. The summed E-state index contributed by atoms with van der Waals surface area (Å²) in [5.74, 6) is 0.0850. The minimum atomic E-state index is -4.73. The van der Waals surface area contributed by atoms with Gasteiger partial charge in [0, 0.05) is 6.07 Å².